The Morgan fingerprint density at radius 2 is 2.06 bits per heavy atom. The van der Waals surface area contributed by atoms with E-state index in [9.17, 15) is 14.7 Å². The molecule has 1 spiro atoms. The smallest absolute Gasteiger partial charge is 0.333 e. The zero-order chi connectivity index (χ0) is 23.0. The normalized spacial score (nSPS) is 23.8. The predicted octanol–water partition coefficient (Wildman–Crippen LogP) is 0.0195. The zero-order valence-corrected chi connectivity index (χ0v) is 18.4. The van der Waals surface area contributed by atoms with Crippen molar-refractivity contribution >= 4 is 11.9 Å². The van der Waals surface area contributed by atoms with Gasteiger partial charge in [-0.3, -0.25) is 9.78 Å². The van der Waals surface area contributed by atoms with Gasteiger partial charge in [0, 0.05) is 18.7 Å². The van der Waals surface area contributed by atoms with Crippen LogP contribution in [0.4, 0.5) is 0 Å². The van der Waals surface area contributed by atoms with E-state index in [1.54, 1.807) is 4.90 Å². The minimum atomic E-state index is -0.791. The molecule has 0 bridgehead atoms. The van der Waals surface area contributed by atoms with Crippen LogP contribution in [0.25, 0.3) is 5.82 Å². The van der Waals surface area contributed by atoms with Gasteiger partial charge in [-0.1, -0.05) is 6.92 Å². The first-order valence-corrected chi connectivity index (χ1v) is 11.2. The molecule has 2 unspecified atom stereocenters. The summed E-state index contributed by atoms with van der Waals surface area (Å²) in [6.07, 6.45) is 8.17. The van der Waals surface area contributed by atoms with E-state index in [0.29, 0.717) is 36.8 Å². The van der Waals surface area contributed by atoms with Crippen LogP contribution < -0.4 is 0 Å². The number of carbonyl (C=O) groups excluding carboxylic acids is 2. The first-order chi connectivity index (χ1) is 16.0. The van der Waals surface area contributed by atoms with Crippen molar-refractivity contribution in [1.82, 2.24) is 40.0 Å². The van der Waals surface area contributed by atoms with Gasteiger partial charge in [-0.05, 0) is 49.2 Å². The Balaban J connectivity index is 1.20. The molecule has 3 aliphatic rings. The van der Waals surface area contributed by atoms with Gasteiger partial charge in [-0.25, -0.2) is 9.78 Å². The standard InChI is InChI=1S/C21H26N8O4/c1-2-14-8-21(20(32)29(14)15-7-19(31)33-12-15)3-5-27(6-4-21)11-17(30)16-9-23-18(10-22-16)28-13-24-25-26-28/h7,9-10,13-14,17,30H,2-6,8,11-12H2,1H3. The fourth-order valence-corrected chi connectivity index (χ4v) is 5.05. The fourth-order valence-electron chi connectivity index (χ4n) is 5.05. The minimum absolute atomic E-state index is 0.0874. The summed E-state index contributed by atoms with van der Waals surface area (Å²) in [7, 11) is 0. The topological polar surface area (TPSA) is 139 Å². The first-order valence-electron chi connectivity index (χ1n) is 11.2. The molecule has 0 aliphatic carbocycles. The second-order valence-electron chi connectivity index (χ2n) is 8.84. The van der Waals surface area contributed by atoms with Crippen LogP contribution in [0, 0.1) is 5.41 Å². The Bertz CT molecular complexity index is 1050. The van der Waals surface area contributed by atoms with Gasteiger partial charge in [0.05, 0.1) is 29.2 Å². The van der Waals surface area contributed by atoms with E-state index < -0.39 is 11.5 Å². The van der Waals surface area contributed by atoms with Gasteiger partial charge in [0.1, 0.15) is 19.0 Å². The van der Waals surface area contributed by atoms with E-state index in [2.05, 4.69) is 37.3 Å². The minimum Gasteiger partial charge on any atom is -0.456 e. The Morgan fingerprint density at radius 1 is 1.24 bits per heavy atom. The van der Waals surface area contributed by atoms with Gasteiger partial charge < -0.3 is 19.6 Å². The number of cyclic esters (lactones) is 1. The number of aromatic nitrogens is 6. The van der Waals surface area contributed by atoms with Crippen molar-refractivity contribution in [3.8, 4) is 5.82 Å². The lowest BCUT2D eigenvalue weighted by atomic mass is 9.75. The molecule has 2 fully saturated rings. The van der Waals surface area contributed by atoms with E-state index in [0.717, 1.165) is 25.7 Å². The molecular weight excluding hydrogens is 428 g/mol. The lowest BCUT2D eigenvalue weighted by Crippen LogP contribution is -2.45. The Hall–Kier alpha value is -3.25. The molecule has 2 aromatic rings. The molecule has 2 saturated heterocycles. The molecular formula is C21H26N8O4. The van der Waals surface area contributed by atoms with Crippen LogP contribution in [0.5, 0.6) is 0 Å². The van der Waals surface area contributed by atoms with Crippen molar-refractivity contribution < 1.29 is 19.4 Å². The monoisotopic (exact) mass is 454 g/mol. The number of ether oxygens (including phenoxy) is 1. The van der Waals surface area contributed by atoms with Crippen LogP contribution in [0.3, 0.4) is 0 Å². The molecule has 5 heterocycles. The van der Waals surface area contributed by atoms with Crippen molar-refractivity contribution in [1.29, 1.82) is 0 Å². The second kappa shape index (κ2) is 8.60. The summed E-state index contributed by atoms with van der Waals surface area (Å²) < 4.78 is 6.43. The molecule has 3 aliphatic heterocycles. The maximum atomic E-state index is 13.4. The maximum Gasteiger partial charge on any atom is 0.333 e. The third kappa shape index (κ3) is 4.00. The molecule has 174 valence electrons. The van der Waals surface area contributed by atoms with E-state index >= 15 is 0 Å². The van der Waals surface area contributed by atoms with Crippen LogP contribution in [0.1, 0.15) is 44.4 Å². The zero-order valence-electron chi connectivity index (χ0n) is 18.4. The highest BCUT2D eigenvalue weighted by Crippen LogP contribution is 2.47. The van der Waals surface area contributed by atoms with Gasteiger partial charge in [0.25, 0.3) is 0 Å². The number of β-amino-alcohol motifs (C(OH)–C–C–N with tert-alkyl or cyclic N) is 1. The second-order valence-corrected chi connectivity index (χ2v) is 8.84. The summed E-state index contributed by atoms with van der Waals surface area (Å²) in [4.78, 5) is 37.5. The van der Waals surface area contributed by atoms with Crippen molar-refractivity contribution in [2.75, 3.05) is 26.2 Å². The molecule has 33 heavy (non-hydrogen) atoms. The molecule has 1 N–H and O–H groups in total. The van der Waals surface area contributed by atoms with Gasteiger partial charge in [-0.15, -0.1) is 5.10 Å². The Kier molecular flexibility index (Phi) is 5.62. The summed E-state index contributed by atoms with van der Waals surface area (Å²) in [5.74, 6) is 0.185. The summed E-state index contributed by atoms with van der Waals surface area (Å²) in [5, 5.41) is 21.6. The van der Waals surface area contributed by atoms with Crippen LogP contribution >= 0.6 is 0 Å². The lowest BCUT2D eigenvalue weighted by Gasteiger charge is -2.38. The highest BCUT2D eigenvalue weighted by Gasteiger charge is 2.53. The number of aliphatic hydroxyl groups excluding tert-OH is 1. The van der Waals surface area contributed by atoms with E-state index in [-0.39, 0.29) is 24.5 Å². The predicted molar refractivity (Wildman–Crippen MR) is 112 cm³/mol. The highest BCUT2D eigenvalue weighted by atomic mass is 16.5. The number of hydrogen-bond donors (Lipinski definition) is 1. The summed E-state index contributed by atoms with van der Waals surface area (Å²) in [5.41, 5.74) is 0.733. The summed E-state index contributed by atoms with van der Waals surface area (Å²) in [6.45, 7) is 4.06. The molecule has 0 aromatic carbocycles. The Labute approximate surface area is 190 Å². The quantitative estimate of drug-likeness (QED) is 0.594. The fraction of sp³-hybridized carbons (Fsp3) is 0.571. The van der Waals surface area contributed by atoms with Gasteiger partial charge in [-0.2, -0.15) is 4.68 Å². The summed E-state index contributed by atoms with van der Waals surface area (Å²) >= 11 is 0. The van der Waals surface area contributed by atoms with Crippen LogP contribution in [-0.4, -0.2) is 89.2 Å². The third-order valence-electron chi connectivity index (χ3n) is 6.92. The van der Waals surface area contributed by atoms with Crippen molar-refractivity contribution in [2.45, 2.75) is 44.8 Å². The SMILES string of the molecule is CCC1CC2(CCN(CC(O)c3cnc(-n4cnnn4)cn3)CC2)C(=O)N1C1=CC(=O)OC1. The average molecular weight is 454 g/mol. The average Bonchev–Trinajstić information content (AvgIpc) is 3.56. The van der Waals surface area contributed by atoms with Crippen molar-refractivity contribution in [3.63, 3.8) is 0 Å². The van der Waals surface area contributed by atoms with Gasteiger partial charge in [0.2, 0.25) is 5.91 Å². The number of rotatable bonds is 6. The Morgan fingerprint density at radius 3 is 2.67 bits per heavy atom. The largest absolute Gasteiger partial charge is 0.456 e. The number of carbonyl (C=O) groups is 2. The van der Waals surface area contributed by atoms with E-state index in [1.165, 1.54) is 29.5 Å². The highest BCUT2D eigenvalue weighted by molar-refractivity contribution is 5.91. The number of nitrogens with zero attached hydrogens (tertiary/aromatic N) is 8. The number of likely N-dealkylation sites (tertiary alicyclic amines) is 2. The molecule has 12 nitrogen and oxygen atoms in total. The van der Waals surface area contributed by atoms with Gasteiger partial charge >= 0.3 is 5.97 Å². The molecule has 2 atom stereocenters. The molecule has 5 rings (SSSR count). The summed E-state index contributed by atoms with van der Waals surface area (Å²) in [6, 6.07) is 0.0874. The molecule has 0 saturated carbocycles. The number of tetrazole rings is 1. The molecule has 1 amide bonds. The number of piperidine rings is 1. The third-order valence-corrected chi connectivity index (χ3v) is 6.92. The first kappa shape index (κ1) is 21.6. The molecule has 2 aromatic heterocycles. The number of aliphatic hydroxyl groups is 1. The van der Waals surface area contributed by atoms with Gasteiger partial charge in [0.15, 0.2) is 5.82 Å². The van der Waals surface area contributed by atoms with E-state index in [1.807, 2.05) is 0 Å². The number of hydrogen-bond acceptors (Lipinski definition) is 10. The van der Waals surface area contributed by atoms with Crippen LogP contribution in [0.2, 0.25) is 0 Å². The lowest BCUT2D eigenvalue weighted by molar-refractivity contribution is -0.139. The van der Waals surface area contributed by atoms with Crippen molar-refractivity contribution in [2.24, 2.45) is 5.41 Å². The van der Waals surface area contributed by atoms with E-state index in [4.69, 9.17) is 4.74 Å². The van der Waals surface area contributed by atoms with Crippen LogP contribution in [0.15, 0.2) is 30.5 Å². The number of esters is 1. The number of amides is 1. The molecule has 0 radical (unpaired) electrons. The van der Waals surface area contributed by atoms with Crippen molar-refractivity contribution in [3.05, 3.63) is 36.2 Å². The maximum absolute atomic E-state index is 13.4. The molecule has 12 heteroatoms. The van der Waals surface area contributed by atoms with Crippen LogP contribution in [-0.2, 0) is 14.3 Å².